The molecule has 0 aromatic heterocycles. The lowest BCUT2D eigenvalue weighted by Gasteiger charge is -2.28. The van der Waals surface area contributed by atoms with E-state index in [1.807, 2.05) is 6.92 Å². The van der Waals surface area contributed by atoms with Gasteiger partial charge in [0.25, 0.3) is 0 Å². The van der Waals surface area contributed by atoms with Crippen molar-refractivity contribution in [3.8, 4) is 5.75 Å². The summed E-state index contributed by atoms with van der Waals surface area (Å²) in [4.78, 5) is 12.7. The van der Waals surface area contributed by atoms with Gasteiger partial charge in [-0.05, 0) is 68.0 Å². The van der Waals surface area contributed by atoms with Crippen molar-refractivity contribution in [2.24, 2.45) is 0 Å². The van der Waals surface area contributed by atoms with Crippen LogP contribution in [-0.2, 0) is 21.2 Å². The van der Waals surface area contributed by atoms with Crippen LogP contribution < -0.4 is 14.4 Å². The van der Waals surface area contributed by atoms with E-state index in [0.717, 1.165) is 23.4 Å². The molecule has 0 aliphatic heterocycles. The van der Waals surface area contributed by atoms with Crippen LogP contribution in [0.2, 0.25) is 0 Å². The predicted molar refractivity (Wildman–Crippen MR) is 126 cm³/mol. The Morgan fingerprint density at radius 2 is 1.65 bits per heavy atom. The predicted octanol–water partition coefficient (Wildman–Crippen LogP) is 4.11. The number of hydrogen-bond acceptors (Lipinski definition) is 4. The molecule has 0 spiro atoms. The normalized spacial score (nSPS) is 12.5. The first-order valence-corrected chi connectivity index (χ1v) is 12.6. The highest BCUT2D eigenvalue weighted by atomic mass is 32.2. The highest BCUT2D eigenvalue weighted by molar-refractivity contribution is 7.92. The molecule has 2 rings (SSSR count). The lowest BCUT2D eigenvalue weighted by atomic mass is 10.0. The lowest BCUT2D eigenvalue weighted by molar-refractivity contribution is -0.121. The van der Waals surface area contributed by atoms with Gasteiger partial charge in [0.1, 0.15) is 11.8 Å². The topological polar surface area (TPSA) is 75.7 Å². The molecule has 0 saturated carbocycles. The maximum absolute atomic E-state index is 12.7. The summed E-state index contributed by atoms with van der Waals surface area (Å²) in [6.07, 6.45) is 2.73. The summed E-state index contributed by atoms with van der Waals surface area (Å²) in [5, 5.41) is 2.87. The standard InChI is InChI=1S/C24H34N2O4S/c1-6-30-23-15-13-22(14-16-23)26(31(5,28)29)19(4)24(27)25-17-7-8-20-9-11-21(12-10-20)18(2)3/h9-16,18-19H,6-8,17H2,1-5H3,(H,25,27)/t19-/m1/s1. The van der Waals surface area contributed by atoms with E-state index in [9.17, 15) is 13.2 Å². The first-order chi connectivity index (χ1) is 14.6. The minimum absolute atomic E-state index is 0.325. The van der Waals surface area contributed by atoms with Gasteiger partial charge in [-0.15, -0.1) is 0 Å². The first kappa shape index (κ1) is 24.7. The van der Waals surface area contributed by atoms with Crippen molar-refractivity contribution < 1.29 is 17.9 Å². The maximum atomic E-state index is 12.7. The van der Waals surface area contributed by atoms with Gasteiger partial charge in [-0.25, -0.2) is 8.42 Å². The number of amides is 1. The zero-order valence-corrected chi connectivity index (χ0v) is 19.9. The molecule has 0 bridgehead atoms. The van der Waals surface area contributed by atoms with Crippen molar-refractivity contribution in [2.75, 3.05) is 23.7 Å². The van der Waals surface area contributed by atoms with Gasteiger partial charge in [-0.2, -0.15) is 0 Å². The van der Waals surface area contributed by atoms with Gasteiger partial charge in [-0.3, -0.25) is 9.10 Å². The van der Waals surface area contributed by atoms with Gasteiger partial charge in [0.2, 0.25) is 15.9 Å². The summed E-state index contributed by atoms with van der Waals surface area (Å²) in [7, 11) is -3.64. The Morgan fingerprint density at radius 3 is 2.16 bits per heavy atom. The molecular weight excluding hydrogens is 412 g/mol. The van der Waals surface area contributed by atoms with E-state index in [1.165, 1.54) is 11.1 Å². The van der Waals surface area contributed by atoms with E-state index in [4.69, 9.17) is 4.74 Å². The summed E-state index contributed by atoms with van der Waals surface area (Å²) in [5.74, 6) is 0.829. The Morgan fingerprint density at radius 1 is 1.03 bits per heavy atom. The van der Waals surface area contributed by atoms with E-state index in [1.54, 1.807) is 31.2 Å². The first-order valence-electron chi connectivity index (χ1n) is 10.7. The molecule has 7 heteroatoms. The Bertz CT molecular complexity index is 939. The second-order valence-corrected chi connectivity index (χ2v) is 9.81. The minimum atomic E-state index is -3.64. The number of carbonyl (C=O) groups excluding carboxylic acids is 1. The molecule has 170 valence electrons. The summed E-state index contributed by atoms with van der Waals surface area (Å²) in [5.41, 5.74) is 2.96. The molecule has 0 saturated heterocycles. The van der Waals surface area contributed by atoms with Crippen LogP contribution in [0.4, 0.5) is 5.69 Å². The zero-order valence-electron chi connectivity index (χ0n) is 19.1. The molecule has 0 aliphatic rings. The number of nitrogens with zero attached hydrogens (tertiary/aromatic N) is 1. The molecule has 6 nitrogen and oxygen atoms in total. The number of ether oxygens (including phenoxy) is 1. The quantitative estimate of drug-likeness (QED) is 0.527. The van der Waals surface area contributed by atoms with Gasteiger partial charge in [0.15, 0.2) is 0 Å². The van der Waals surface area contributed by atoms with E-state index < -0.39 is 16.1 Å². The van der Waals surface area contributed by atoms with Crippen LogP contribution >= 0.6 is 0 Å². The van der Waals surface area contributed by atoms with Crippen molar-refractivity contribution in [2.45, 2.75) is 52.5 Å². The second-order valence-electron chi connectivity index (χ2n) is 7.95. The Balaban J connectivity index is 1.95. The molecule has 1 atom stereocenters. The van der Waals surface area contributed by atoms with E-state index in [2.05, 4.69) is 43.4 Å². The van der Waals surface area contributed by atoms with E-state index in [-0.39, 0.29) is 5.91 Å². The number of anilines is 1. The maximum Gasteiger partial charge on any atom is 0.243 e. The summed E-state index contributed by atoms with van der Waals surface area (Å²) in [6, 6.07) is 14.4. The van der Waals surface area contributed by atoms with Crippen LogP contribution in [-0.4, -0.2) is 39.8 Å². The number of carbonyl (C=O) groups is 1. The van der Waals surface area contributed by atoms with Gasteiger partial charge in [-0.1, -0.05) is 38.1 Å². The fourth-order valence-corrected chi connectivity index (χ4v) is 4.56. The highest BCUT2D eigenvalue weighted by Crippen LogP contribution is 2.24. The van der Waals surface area contributed by atoms with Gasteiger partial charge in [0, 0.05) is 6.54 Å². The fraction of sp³-hybridized carbons (Fsp3) is 0.458. The molecule has 0 unspecified atom stereocenters. The highest BCUT2D eigenvalue weighted by Gasteiger charge is 2.28. The summed E-state index contributed by atoms with van der Waals surface area (Å²) in [6.45, 7) is 8.81. The molecule has 1 N–H and O–H groups in total. The monoisotopic (exact) mass is 446 g/mol. The van der Waals surface area contributed by atoms with Crippen LogP contribution in [0.15, 0.2) is 48.5 Å². The van der Waals surface area contributed by atoms with Gasteiger partial charge in [0.05, 0.1) is 18.6 Å². The van der Waals surface area contributed by atoms with Crippen LogP contribution in [0.25, 0.3) is 0 Å². The smallest absolute Gasteiger partial charge is 0.243 e. The molecule has 31 heavy (non-hydrogen) atoms. The Kier molecular flexibility index (Phi) is 8.92. The van der Waals surface area contributed by atoms with Gasteiger partial charge >= 0.3 is 0 Å². The Labute approximate surface area is 186 Å². The van der Waals surface area contributed by atoms with Crippen molar-refractivity contribution in [1.82, 2.24) is 5.32 Å². The SMILES string of the molecule is CCOc1ccc(N([C@H](C)C(=O)NCCCc2ccc(C(C)C)cc2)S(C)(=O)=O)cc1. The summed E-state index contributed by atoms with van der Waals surface area (Å²) < 4.78 is 31.3. The third kappa shape index (κ3) is 7.28. The molecule has 0 radical (unpaired) electrons. The number of nitrogens with one attached hydrogen (secondary N) is 1. The molecule has 2 aromatic carbocycles. The minimum Gasteiger partial charge on any atom is -0.494 e. The number of aryl methyl sites for hydroxylation is 1. The average molecular weight is 447 g/mol. The van der Waals surface area contributed by atoms with Crippen LogP contribution in [0.3, 0.4) is 0 Å². The van der Waals surface area contributed by atoms with Crippen LogP contribution in [0.5, 0.6) is 5.75 Å². The molecule has 0 aliphatic carbocycles. The van der Waals surface area contributed by atoms with Crippen molar-refractivity contribution in [1.29, 1.82) is 0 Å². The molecule has 1 amide bonds. The van der Waals surface area contributed by atoms with Crippen LogP contribution in [0, 0.1) is 0 Å². The molecular formula is C24H34N2O4S. The van der Waals surface area contributed by atoms with E-state index >= 15 is 0 Å². The Hall–Kier alpha value is -2.54. The second kappa shape index (κ2) is 11.2. The average Bonchev–Trinajstić information content (AvgIpc) is 2.72. The zero-order chi connectivity index (χ0) is 23.0. The van der Waals surface area contributed by atoms with Crippen LogP contribution in [0.1, 0.15) is 51.2 Å². The number of benzene rings is 2. The number of sulfonamides is 1. The fourth-order valence-electron chi connectivity index (χ4n) is 3.39. The largest absolute Gasteiger partial charge is 0.494 e. The van der Waals surface area contributed by atoms with Gasteiger partial charge < -0.3 is 10.1 Å². The summed E-state index contributed by atoms with van der Waals surface area (Å²) >= 11 is 0. The molecule has 0 heterocycles. The van der Waals surface area contributed by atoms with E-state index in [0.29, 0.717) is 30.5 Å². The molecule has 0 fully saturated rings. The van der Waals surface area contributed by atoms with Crippen molar-refractivity contribution in [3.05, 3.63) is 59.7 Å². The third-order valence-corrected chi connectivity index (χ3v) is 6.32. The number of hydrogen-bond donors (Lipinski definition) is 1. The number of rotatable bonds is 11. The molecule has 2 aromatic rings. The van der Waals surface area contributed by atoms with Crippen molar-refractivity contribution in [3.63, 3.8) is 0 Å². The van der Waals surface area contributed by atoms with Crippen molar-refractivity contribution >= 4 is 21.6 Å². The lowest BCUT2D eigenvalue weighted by Crippen LogP contribution is -2.48. The third-order valence-electron chi connectivity index (χ3n) is 5.08.